The van der Waals surface area contributed by atoms with Gasteiger partial charge in [-0.1, -0.05) is 12.2 Å². The van der Waals surface area contributed by atoms with E-state index in [0.717, 1.165) is 6.54 Å². The van der Waals surface area contributed by atoms with Gasteiger partial charge in [-0.25, -0.2) is 0 Å². The highest BCUT2D eigenvalue weighted by Gasteiger charge is 2.43. The Bertz CT molecular complexity index is 324. The van der Waals surface area contributed by atoms with Gasteiger partial charge in [-0.2, -0.15) is 11.8 Å². The maximum Gasteiger partial charge on any atom is 0.233 e. The normalized spacial score (nSPS) is 26.8. The molecule has 1 atom stereocenters. The third-order valence-corrected chi connectivity index (χ3v) is 5.56. The van der Waals surface area contributed by atoms with Crippen LogP contribution in [0.5, 0.6) is 0 Å². The van der Waals surface area contributed by atoms with E-state index in [2.05, 4.69) is 5.32 Å². The third-order valence-electron chi connectivity index (χ3n) is 3.77. The zero-order valence-corrected chi connectivity index (χ0v) is 12.1. The topological polar surface area (TPSA) is 64.4 Å². The number of ether oxygens (including phenoxy) is 1. The van der Waals surface area contributed by atoms with E-state index >= 15 is 0 Å². The second kappa shape index (κ2) is 6.21. The summed E-state index contributed by atoms with van der Waals surface area (Å²) in [5.41, 5.74) is 5.11. The highest BCUT2D eigenvalue weighted by molar-refractivity contribution is 8.00. The van der Waals surface area contributed by atoms with Crippen molar-refractivity contribution in [3.8, 4) is 0 Å². The van der Waals surface area contributed by atoms with Crippen LogP contribution in [0.1, 0.15) is 25.7 Å². The molecule has 0 saturated carbocycles. The van der Waals surface area contributed by atoms with Crippen LogP contribution in [0.25, 0.3) is 0 Å². The van der Waals surface area contributed by atoms with Crippen molar-refractivity contribution in [2.45, 2.75) is 30.9 Å². The van der Waals surface area contributed by atoms with Gasteiger partial charge in [0.2, 0.25) is 5.91 Å². The van der Waals surface area contributed by atoms with Crippen molar-refractivity contribution in [2.24, 2.45) is 11.1 Å². The summed E-state index contributed by atoms with van der Waals surface area (Å²) in [7, 11) is 0. The summed E-state index contributed by atoms with van der Waals surface area (Å²) >= 11 is 7.04. The Balaban J connectivity index is 1.93. The molecule has 2 saturated heterocycles. The van der Waals surface area contributed by atoms with Crippen molar-refractivity contribution in [2.75, 3.05) is 25.5 Å². The Morgan fingerprint density at radius 2 is 2.22 bits per heavy atom. The second-order valence-electron chi connectivity index (χ2n) is 4.90. The summed E-state index contributed by atoms with van der Waals surface area (Å²) in [6, 6.07) is 0. The summed E-state index contributed by atoms with van der Waals surface area (Å²) < 4.78 is 5.30. The van der Waals surface area contributed by atoms with E-state index in [1.54, 1.807) is 0 Å². The number of carbonyl (C=O) groups excluding carboxylic acids is 1. The molecule has 102 valence electrons. The molecular weight excluding hydrogens is 268 g/mol. The molecule has 2 fully saturated rings. The van der Waals surface area contributed by atoms with Crippen LogP contribution in [0, 0.1) is 5.41 Å². The highest BCUT2D eigenvalue weighted by Crippen LogP contribution is 2.32. The summed E-state index contributed by atoms with van der Waals surface area (Å²) in [4.78, 5) is 12.7. The Labute approximate surface area is 117 Å². The minimum Gasteiger partial charge on any atom is -0.392 e. The van der Waals surface area contributed by atoms with Gasteiger partial charge in [-0.05, 0) is 31.4 Å². The number of carbonyl (C=O) groups is 1. The van der Waals surface area contributed by atoms with Crippen LogP contribution >= 0.6 is 24.0 Å². The molecule has 0 spiro atoms. The van der Waals surface area contributed by atoms with E-state index in [0.29, 0.717) is 36.3 Å². The van der Waals surface area contributed by atoms with Crippen molar-refractivity contribution in [1.29, 1.82) is 0 Å². The lowest BCUT2D eigenvalue weighted by Crippen LogP contribution is -2.52. The van der Waals surface area contributed by atoms with Gasteiger partial charge < -0.3 is 15.8 Å². The number of thioether (sulfide) groups is 1. The van der Waals surface area contributed by atoms with Gasteiger partial charge in [0.05, 0.1) is 4.99 Å². The Hall–Kier alpha value is -0.330. The van der Waals surface area contributed by atoms with Gasteiger partial charge in [0.1, 0.15) is 5.41 Å². The van der Waals surface area contributed by atoms with E-state index in [-0.39, 0.29) is 5.91 Å². The minimum absolute atomic E-state index is 0.00852. The maximum atomic E-state index is 12.4. The van der Waals surface area contributed by atoms with E-state index in [4.69, 9.17) is 22.7 Å². The van der Waals surface area contributed by atoms with Crippen LogP contribution in [0.2, 0.25) is 0 Å². The van der Waals surface area contributed by atoms with Gasteiger partial charge >= 0.3 is 0 Å². The third kappa shape index (κ3) is 2.97. The smallest absolute Gasteiger partial charge is 0.233 e. The van der Waals surface area contributed by atoms with Crippen molar-refractivity contribution in [3.63, 3.8) is 0 Å². The average molecular weight is 288 g/mol. The molecule has 2 heterocycles. The Kier molecular flexibility index (Phi) is 4.86. The molecule has 0 bridgehead atoms. The predicted octanol–water partition coefficient (Wildman–Crippen LogP) is 1.08. The Morgan fingerprint density at radius 3 is 2.78 bits per heavy atom. The zero-order chi connectivity index (χ0) is 13.0. The summed E-state index contributed by atoms with van der Waals surface area (Å²) in [6.45, 7) is 1.85. The van der Waals surface area contributed by atoms with Gasteiger partial charge in [0.25, 0.3) is 0 Å². The second-order valence-corrected chi connectivity index (χ2v) is 6.75. The summed E-state index contributed by atoms with van der Waals surface area (Å²) in [5, 5.41) is 3.59. The fourth-order valence-corrected chi connectivity index (χ4v) is 3.98. The molecule has 0 aromatic carbocycles. The SMILES string of the molecule is NC(=S)C1(C(=O)NCC2CCCS2)CCOCC1. The molecule has 2 aliphatic heterocycles. The van der Waals surface area contributed by atoms with Crippen molar-refractivity contribution >= 4 is 34.9 Å². The van der Waals surface area contributed by atoms with Crippen molar-refractivity contribution in [1.82, 2.24) is 5.32 Å². The van der Waals surface area contributed by atoms with Gasteiger partial charge in [-0.3, -0.25) is 4.79 Å². The molecule has 0 aromatic rings. The largest absolute Gasteiger partial charge is 0.392 e. The fraction of sp³-hybridized carbons (Fsp3) is 0.833. The molecule has 18 heavy (non-hydrogen) atoms. The maximum absolute atomic E-state index is 12.4. The molecule has 0 aromatic heterocycles. The first-order valence-electron chi connectivity index (χ1n) is 6.43. The molecule has 1 unspecified atom stereocenters. The molecule has 0 aliphatic carbocycles. The number of thiocarbonyl (C=S) groups is 1. The van der Waals surface area contributed by atoms with E-state index < -0.39 is 5.41 Å². The number of rotatable bonds is 4. The van der Waals surface area contributed by atoms with E-state index in [1.807, 2.05) is 11.8 Å². The molecule has 1 amide bonds. The van der Waals surface area contributed by atoms with Crippen molar-refractivity contribution in [3.05, 3.63) is 0 Å². The first-order valence-corrected chi connectivity index (χ1v) is 7.88. The lowest BCUT2D eigenvalue weighted by atomic mass is 9.79. The number of nitrogens with two attached hydrogens (primary N) is 1. The van der Waals surface area contributed by atoms with E-state index in [1.165, 1.54) is 18.6 Å². The highest BCUT2D eigenvalue weighted by atomic mass is 32.2. The quantitative estimate of drug-likeness (QED) is 0.758. The average Bonchev–Trinajstić information content (AvgIpc) is 2.89. The predicted molar refractivity (Wildman–Crippen MR) is 77.8 cm³/mol. The number of nitrogens with one attached hydrogen (secondary N) is 1. The van der Waals surface area contributed by atoms with Crippen LogP contribution in [-0.4, -0.2) is 41.7 Å². The zero-order valence-electron chi connectivity index (χ0n) is 10.4. The number of amides is 1. The minimum atomic E-state index is -0.684. The first kappa shape index (κ1) is 14.1. The van der Waals surface area contributed by atoms with Gasteiger partial charge in [-0.15, -0.1) is 0 Å². The molecule has 2 rings (SSSR count). The van der Waals surface area contributed by atoms with Crippen LogP contribution in [0.4, 0.5) is 0 Å². The molecular formula is C12H20N2O2S2. The van der Waals surface area contributed by atoms with Crippen LogP contribution in [0.15, 0.2) is 0 Å². The van der Waals surface area contributed by atoms with Crippen LogP contribution in [-0.2, 0) is 9.53 Å². The van der Waals surface area contributed by atoms with Crippen LogP contribution < -0.4 is 11.1 Å². The van der Waals surface area contributed by atoms with E-state index in [9.17, 15) is 4.79 Å². The molecule has 2 aliphatic rings. The number of hydrogen-bond acceptors (Lipinski definition) is 4. The standard InChI is InChI=1S/C12H20N2O2S2/c13-10(17)12(3-5-16-6-4-12)11(15)14-8-9-2-1-7-18-9/h9H,1-8H2,(H2,13,17)(H,14,15). The monoisotopic (exact) mass is 288 g/mol. The van der Waals surface area contributed by atoms with Gasteiger partial charge in [0, 0.05) is 25.0 Å². The lowest BCUT2D eigenvalue weighted by molar-refractivity contribution is -0.131. The first-order chi connectivity index (χ1) is 8.65. The Morgan fingerprint density at radius 1 is 1.50 bits per heavy atom. The molecule has 3 N–H and O–H groups in total. The molecule has 6 heteroatoms. The fourth-order valence-electron chi connectivity index (χ4n) is 2.49. The molecule has 4 nitrogen and oxygen atoms in total. The van der Waals surface area contributed by atoms with Crippen molar-refractivity contribution < 1.29 is 9.53 Å². The van der Waals surface area contributed by atoms with Crippen LogP contribution in [0.3, 0.4) is 0 Å². The molecule has 0 radical (unpaired) electrons. The summed E-state index contributed by atoms with van der Waals surface area (Å²) in [5.74, 6) is 1.19. The summed E-state index contributed by atoms with van der Waals surface area (Å²) in [6.07, 6.45) is 3.64. The van der Waals surface area contributed by atoms with Gasteiger partial charge in [0.15, 0.2) is 0 Å². The number of hydrogen-bond donors (Lipinski definition) is 2. The lowest BCUT2D eigenvalue weighted by Gasteiger charge is -2.34.